The van der Waals surface area contributed by atoms with Crippen LogP contribution in [0.15, 0.2) is 23.8 Å². The second-order valence-corrected chi connectivity index (χ2v) is 9.76. The Morgan fingerprint density at radius 3 is 2.79 bits per heavy atom. The molecule has 0 aromatic carbocycles. The average molecular weight is 321 g/mol. The van der Waals surface area contributed by atoms with Crippen LogP contribution in [0.1, 0.15) is 52.4 Å². The molecule has 8 unspecified atom stereocenters. The summed E-state index contributed by atoms with van der Waals surface area (Å²) in [4.78, 5) is 12.0. The first-order chi connectivity index (χ1) is 11.4. The zero-order valence-corrected chi connectivity index (χ0v) is 14.8. The van der Waals surface area contributed by atoms with Gasteiger partial charge in [-0.3, -0.25) is 4.79 Å². The molecule has 5 rings (SSSR count). The Kier molecular flexibility index (Phi) is 2.75. The van der Waals surface area contributed by atoms with Crippen LogP contribution in [0.4, 0.5) is 0 Å². The quantitative estimate of drug-likeness (QED) is 0.650. The third-order valence-corrected chi connectivity index (χ3v) is 8.86. The summed E-state index contributed by atoms with van der Waals surface area (Å²) in [6.07, 6.45) is 8.38. The molecule has 0 aromatic rings. The fraction of sp³-hybridized carbons (Fsp3) is 0.727. The van der Waals surface area contributed by atoms with E-state index in [2.05, 4.69) is 26.5 Å². The first-order valence-corrected chi connectivity index (χ1v) is 9.73. The number of hydrogen-bond donors (Lipinski definition) is 0. The summed E-state index contributed by atoms with van der Waals surface area (Å²) in [6, 6.07) is 2.69. The van der Waals surface area contributed by atoms with Crippen molar-refractivity contribution in [2.24, 2.45) is 46.3 Å². The van der Waals surface area contributed by atoms with Crippen LogP contribution in [0, 0.1) is 57.7 Å². The van der Waals surface area contributed by atoms with E-state index in [0.717, 1.165) is 18.8 Å². The van der Waals surface area contributed by atoms with E-state index < -0.39 is 0 Å². The molecule has 4 fully saturated rings. The minimum absolute atomic E-state index is 0.143. The Labute approximate surface area is 145 Å². The first kappa shape index (κ1) is 14.9. The van der Waals surface area contributed by atoms with Gasteiger partial charge in [0.25, 0.3) is 0 Å². The molecule has 0 N–H and O–H groups in total. The minimum atomic E-state index is 0.143. The maximum atomic E-state index is 12.0. The van der Waals surface area contributed by atoms with Crippen LogP contribution >= 0.6 is 0 Å². The van der Waals surface area contributed by atoms with E-state index in [9.17, 15) is 10.1 Å². The monoisotopic (exact) mass is 321 g/mol. The van der Waals surface area contributed by atoms with Crippen LogP contribution in [0.5, 0.6) is 0 Å². The van der Waals surface area contributed by atoms with Crippen molar-refractivity contribution in [1.29, 1.82) is 5.26 Å². The van der Waals surface area contributed by atoms with Gasteiger partial charge in [-0.15, -0.1) is 0 Å². The van der Waals surface area contributed by atoms with Gasteiger partial charge in [-0.25, -0.2) is 0 Å². The van der Waals surface area contributed by atoms with E-state index in [1.165, 1.54) is 30.4 Å². The van der Waals surface area contributed by atoms with Crippen molar-refractivity contribution in [2.45, 2.75) is 52.4 Å². The van der Waals surface area contributed by atoms with Crippen LogP contribution in [0.3, 0.4) is 0 Å². The van der Waals surface area contributed by atoms with Crippen molar-refractivity contribution in [3.8, 4) is 6.07 Å². The molecule has 2 nitrogen and oxygen atoms in total. The van der Waals surface area contributed by atoms with Crippen molar-refractivity contribution in [3.05, 3.63) is 23.8 Å². The third-order valence-electron chi connectivity index (χ3n) is 8.86. The number of fused-ring (bicyclic) bond motifs is 7. The topological polar surface area (TPSA) is 40.9 Å². The highest BCUT2D eigenvalue weighted by atomic mass is 16.1. The van der Waals surface area contributed by atoms with Gasteiger partial charge in [-0.1, -0.05) is 26.0 Å². The van der Waals surface area contributed by atoms with Crippen LogP contribution in [-0.2, 0) is 4.79 Å². The lowest BCUT2D eigenvalue weighted by Gasteiger charge is -2.58. The number of nitrogens with zero attached hydrogens (tertiary/aromatic N) is 1. The Balaban J connectivity index is 1.58. The summed E-state index contributed by atoms with van der Waals surface area (Å²) in [6.45, 7) is 9.21. The summed E-state index contributed by atoms with van der Waals surface area (Å²) in [5, 5.41) is 9.77. The van der Waals surface area contributed by atoms with Gasteiger partial charge in [-0.2, -0.15) is 5.26 Å². The number of carbonyl (C=O) groups excluding carboxylic acids is 1. The highest BCUT2D eigenvalue weighted by molar-refractivity contribution is 5.92. The lowest BCUT2D eigenvalue weighted by atomic mass is 9.45. The number of allylic oxidation sites excluding steroid dienone is 2. The van der Waals surface area contributed by atoms with Crippen molar-refractivity contribution >= 4 is 5.78 Å². The largest absolute Gasteiger partial charge is 0.295 e. The SMILES string of the molecule is C=C1CC2C(CCC3(C)C(C#N)C4CC4C23)C2(C)CCC(=O)C=C12. The normalized spacial score (nSPS) is 54.8. The molecule has 0 heterocycles. The minimum Gasteiger partial charge on any atom is -0.295 e. The average Bonchev–Trinajstić information content (AvgIpc) is 3.24. The summed E-state index contributed by atoms with van der Waals surface area (Å²) < 4.78 is 0. The van der Waals surface area contributed by atoms with Crippen molar-refractivity contribution in [1.82, 2.24) is 0 Å². The molecule has 0 saturated heterocycles. The molecule has 0 amide bonds. The van der Waals surface area contributed by atoms with Gasteiger partial charge in [0.1, 0.15) is 0 Å². The predicted octanol–water partition coefficient (Wildman–Crippen LogP) is 4.68. The molecule has 0 bridgehead atoms. The molecule has 4 saturated carbocycles. The van der Waals surface area contributed by atoms with E-state index >= 15 is 0 Å². The van der Waals surface area contributed by atoms with E-state index in [1.807, 2.05) is 6.08 Å². The highest BCUT2D eigenvalue weighted by Crippen LogP contribution is 2.75. The van der Waals surface area contributed by atoms with Crippen molar-refractivity contribution in [3.63, 3.8) is 0 Å². The molecule has 0 radical (unpaired) electrons. The van der Waals surface area contributed by atoms with Gasteiger partial charge in [-0.05, 0) is 84.2 Å². The van der Waals surface area contributed by atoms with Gasteiger partial charge >= 0.3 is 0 Å². The highest BCUT2D eigenvalue weighted by Gasteiger charge is 2.70. The molecule has 8 atom stereocenters. The summed E-state index contributed by atoms with van der Waals surface area (Å²) in [5.74, 6) is 4.10. The number of hydrogen-bond acceptors (Lipinski definition) is 2. The first-order valence-electron chi connectivity index (χ1n) is 9.73. The van der Waals surface area contributed by atoms with Crippen LogP contribution in [-0.4, -0.2) is 5.78 Å². The molecule has 0 aliphatic heterocycles. The maximum Gasteiger partial charge on any atom is 0.156 e. The molecule has 126 valence electrons. The van der Waals surface area contributed by atoms with Gasteiger partial charge < -0.3 is 0 Å². The Morgan fingerprint density at radius 1 is 1.25 bits per heavy atom. The Bertz CT molecular complexity index is 727. The van der Waals surface area contributed by atoms with Gasteiger partial charge in [0, 0.05) is 6.42 Å². The Morgan fingerprint density at radius 2 is 2.04 bits per heavy atom. The number of ketones is 1. The predicted molar refractivity (Wildman–Crippen MR) is 92.7 cm³/mol. The molecule has 5 aliphatic rings. The van der Waals surface area contributed by atoms with Gasteiger partial charge in [0.15, 0.2) is 5.78 Å². The molecule has 5 aliphatic carbocycles. The second kappa shape index (κ2) is 4.43. The van der Waals surface area contributed by atoms with Crippen LogP contribution in [0.2, 0.25) is 0 Å². The molecular formula is C22H27NO. The number of rotatable bonds is 0. The van der Waals surface area contributed by atoms with Crippen molar-refractivity contribution < 1.29 is 4.79 Å². The van der Waals surface area contributed by atoms with Gasteiger partial charge in [0.2, 0.25) is 0 Å². The van der Waals surface area contributed by atoms with E-state index in [4.69, 9.17) is 0 Å². The maximum absolute atomic E-state index is 12.0. The van der Waals surface area contributed by atoms with Gasteiger partial charge in [0.05, 0.1) is 12.0 Å². The van der Waals surface area contributed by atoms with E-state index in [1.54, 1.807) is 0 Å². The molecule has 0 spiro atoms. The zero-order valence-electron chi connectivity index (χ0n) is 14.8. The lowest BCUT2D eigenvalue weighted by molar-refractivity contribution is -0.117. The second-order valence-electron chi connectivity index (χ2n) is 9.76. The van der Waals surface area contributed by atoms with E-state index in [-0.39, 0.29) is 22.5 Å². The fourth-order valence-corrected chi connectivity index (χ4v) is 7.78. The molecule has 24 heavy (non-hydrogen) atoms. The molecular weight excluding hydrogens is 294 g/mol. The third kappa shape index (κ3) is 1.60. The summed E-state index contributed by atoms with van der Waals surface area (Å²) in [5.41, 5.74) is 2.86. The molecule has 0 aromatic heterocycles. The summed E-state index contributed by atoms with van der Waals surface area (Å²) >= 11 is 0. The zero-order chi connectivity index (χ0) is 16.9. The van der Waals surface area contributed by atoms with Crippen LogP contribution in [0.25, 0.3) is 0 Å². The number of carbonyl (C=O) groups is 1. The smallest absolute Gasteiger partial charge is 0.156 e. The molecule has 2 heteroatoms. The standard InChI is InChI=1S/C22H27NO/c1-12-8-16-17(21(2)6-4-13(24)9-18(12)21)5-7-22(3)19(11-23)14-10-15(14)20(16)22/h9,14-17,19-20H,1,4-8,10H2,2-3H3. The van der Waals surface area contributed by atoms with E-state index in [0.29, 0.717) is 30.1 Å². The fourth-order valence-electron chi connectivity index (χ4n) is 7.78. The van der Waals surface area contributed by atoms with Crippen molar-refractivity contribution in [2.75, 3.05) is 0 Å². The van der Waals surface area contributed by atoms with Crippen LogP contribution < -0.4 is 0 Å². The summed E-state index contributed by atoms with van der Waals surface area (Å²) in [7, 11) is 0. The lowest BCUT2D eigenvalue weighted by Crippen LogP contribution is -2.52. The Hall–Kier alpha value is -1.36. The number of nitriles is 1.